The number of aromatic nitrogens is 1. The van der Waals surface area contributed by atoms with Crippen molar-refractivity contribution in [2.75, 3.05) is 18.1 Å². The Bertz CT molecular complexity index is 395. The van der Waals surface area contributed by atoms with E-state index in [4.69, 9.17) is 4.74 Å². The van der Waals surface area contributed by atoms with Crippen LogP contribution in [-0.2, 0) is 4.74 Å². The van der Waals surface area contributed by atoms with Crippen molar-refractivity contribution in [1.29, 1.82) is 0 Å². The molecule has 100 valence electrons. The maximum absolute atomic E-state index is 9.86. The third-order valence-electron chi connectivity index (χ3n) is 3.48. The number of aliphatic hydroxyl groups excluding tert-OH is 1. The normalized spacial score (nSPS) is 26.1. The minimum Gasteiger partial charge on any atom is -0.389 e. The lowest BCUT2D eigenvalue weighted by Gasteiger charge is -2.40. The fourth-order valence-electron chi connectivity index (χ4n) is 2.42. The maximum atomic E-state index is 9.86. The first-order valence-corrected chi connectivity index (χ1v) is 6.64. The second-order valence-corrected chi connectivity index (χ2v) is 4.95. The van der Waals surface area contributed by atoms with E-state index in [1.54, 1.807) is 13.1 Å². The number of hydrogen-bond acceptors (Lipinski definition) is 4. The van der Waals surface area contributed by atoms with Crippen molar-refractivity contribution in [1.82, 2.24) is 4.98 Å². The van der Waals surface area contributed by atoms with Crippen LogP contribution in [0.1, 0.15) is 38.9 Å². The van der Waals surface area contributed by atoms with Gasteiger partial charge in [0.25, 0.3) is 0 Å². The molecule has 1 aliphatic heterocycles. The van der Waals surface area contributed by atoms with E-state index in [9.17, 15) is 5.11 Å². The van der Waals surface area contributed by atoms with E-state index in [1.807, 2.05) is 12.1 Å². The highest BCUT2D eigenvalue weighted by atomic mass is 16.5. The summed E-state index contributed by atoms with van der Waals surface area (Å²) in [6.07, 6.45) is 2.51. The van der Waals surface area contributed by atoms with E-state index in [-0.39, 0.29) is 6.10 Å². The Morgan fingerprint density at radius 2 is 2.39 bits per heavy atom. The lowest BCUT2D eigenvalue weighted by atomic mass is 10.1. The molecule has 0 spiro atoms. The maximum Gasteiger partial charge on any atom is 0.134 e. The van der Waals surface area contributed by atoms with Crippen LogP contribution in [0.2, 0.25) is 0 Å². The Labute approximate surface area is 109 Å². The quantitative estimate of drug-likeness (QED) is 0.892. The smallest absolute Gasteiger partial charge is 0.134 e. The first-order chi connectivity index (χ1) is 8.63. The fraction of sp³-hybridized carbons (Fsp3) is 0.643. The Hall–Kier alpha value is -1.13. The monoisotopic (exact) mass is 250 g/mol. The summed E-state index contributed by atoms with van der Waals surface area (Å²) in [7, 11) is 0. The number of anilines is 1. The first kappa shape index (κ1) is 13.3. The van der Waals surface area contributed by atoms with Crippen molar-refractivity contribution in [3.05, 3.63) is 23.9 Å². The molecule has 1 saturated heterocycles. The number of rotatable bonds is 3. The summed E-state index contributed by atoms with van der Waals surface area (Å²) < 4.78 is 5.70. The number of pyridine rings is 1. The molecule has 1 fully saturated rings. The lowest BCUT2D eigenvalue weighted by Crippen LogP contribution is -2.49. The lowest BCUT2D eigenvalue weighted by molar-refractivity contribution is 0.0293. The van der Waals surface area contributed by atoms with Crippen LogP contribution in [0.3, 0.4) is 0 Å². The topological polar surface area (TPSA) is 45.6 Å². The Balaban J connectivity index is 2.33. The van der Waals surface area contributed by atoms with Crippen molar-refractivity contribution in [3.63, 3.8) is 0 Å². The van der Waals surface area contributed by atoms with E-state index in [0.29, 0.717) is 6.04 Å². The molecule has 2 unspecified atom stereocenters. The van der Waals surface area contributed by atoms with Crippen LogP contribution in [-0.4, -0.2) is 35.4 Å². The second-order valence-electron chi connectivity index (χ2n) is 4.95. The average molecular weight is 250 g/mol. The predicted molar refractivity (Wildman–Crippen MR) is 71.7 cm³/mol. The molecule has 4 nitrogen and oxygen atoms in total. The standard InChI is InChI=1S/C14H22N2O2/c1-4-12-9-18-10(2)8-16(12)14-13(11(3)17)6-5-7-15-14/h5-7,10-12,17H,4,8-9H2,1-3H3/t10?,11-,12?/m0/s1. The van der Waals surface area contributed by atoms with Gasteiger partial charge in [-0.1, -0.05) is 13.0 Å². The van der Waals surface area contributed by atoms with Gasteiger partial charge in [0.05, 0.1) is 24.9 Å². The van der Waals surface area contributed by atoms with Crippen LogP contribution in [0.4, 0.5) is 5.82 Å². The zero-order valence-electron chi connectivity index (χ0n) is 11.3. The fourth-order valence-corrected chi connectivity index (χ4v) is 2.42. The van der Waals surface area contributed by atoms with E-state index in [0.717, 1.165) is 31.0 Å². The number of hydrogen-bond donors (Lipinski definition) is 1. The van der Waals surface area contributed by atoms with Gasteiger partial charge in [0.2, 0.25) is 0 Å². The molecule has 0 aliphatic carbocycles. The highest BCUT2D eigenvalue weighted by molar-refractivity contribution is 5.49. The summed E-state index contributed by atoms with van der Waals surface area (Å²) in [5, 5.41) is 9.86. The largest absolute Gasteiger partial charge is 0.389 e. The van der Waals surface area contributed by atoms with Gasteiger partial charge in [-0.05, 0) is 26.3 Å². The minimum absolute atomic E-state index is 0.205. The van der Waals surface area contributed by atoms with E-state index in [1.165, 1.54) is 0 Å². The molecule has 0 bridgehead atoms. The van der Waals surface area contributed by atoms with Crippen molar-refractivity contribution >= 4 is 5.82 Å². The highest BCUT2D eigenvalue weighted by Crippen LogP contribution is 2.28. The molecule has 2 heterocycles. The van der Waals surface area contributed by atoms with Gasteiger partial charge >= 0.3 is 0 Å². The van der Waals surface area contributed by atoms with Gasteiger partial charge in [-0.25, -0.2) is 4.98 Å². The highest BCUT2D eigenvalue weighted by Gasteiger charge is 2.28. The molecule has 4 heteroatoms. The Kier molecular flexibility index (Phi) is 4.19. The van der Waals surface area contributed by atoms with Gasteiger partial charge in [0.1, 0.15) is 5.82 Å². The molecule has 1 aliphatic rings. The molecule has 1 aromatic rings. The molecule has 3 atom stereocenters. The summed E-state index contributed by atoms with van der Waals surface area (Å²) in [5.41, 5.74) is 0.894. The van der Waals surface area contributed by atoms with Crippen molar-refractivity contribution in [2.24, 2.45) is 0 Å². The summed E-state index contributed by atoms with van der Waals surface area (Å²) in [6, 6.07) is 4.16. The van der Waals surface area contributed by atoms with Crippen LogP contribution in [0.25, 0.3) is 0 Å². The van der Waals surface area contributed by atoms with Gasteiger partial charge in [-0.2, -0.15) is 0 Å². The molecule has 0 amide bonds. The molecule has 2 rings (SSSR count). The van der Waals surface area contributed by atoms with Crippen molar-refractivity contribution < 1.29 is 9.84 Å². The van der Waals surface area contributed by atoms with Gasteiger partial charge < -0.3 is 14.7 Å². The van der Waals surface area contributed by atoms with Gasteiger partial charge in [-0.15, -0.1) is 0 Å². The molecule has 0 aromatic carbocycles. The van der Waals surface area contributed by atoms with E-state index in [2.05, 4.69) is 23.7 Å². The summed E-state index contributed by atoms with van der Waals surface area (Å²) in [4.78, 5) is 6.74. The summed E-state index contributed by atoms with van der Waals surface area (Å²) in [6.45, 7) is 7.57. The molecule has 18 heavy (non-hydrogen) atoms. The van der Waals surface area contributed by atoms with Crippen molar-refractivity contribution in [2.45, 2.75) is 45.4 Å². The third kappa shape index (κ3) is 2.65. The zero-order chi connectivity index (χ0) is 13.1. The van der Waals surface area contributed by atoms with Gasteiger partial charge in [-0.3, -0.25) is 0 Å². The average Bonchev–Trinajstić information content (AvgIpc) is 2.38. The van der Waals surface area contributed by atoms with E-state index < -0.39 is 6.10 Å². The summed E-state index contributed by atoms with van der Waals surface area (Å²) >= 11 is 0. The first-order valence-electron chi connectivity index (χ1n) is 6.64. The zero-order valence-corrected chi connectivity index (χ0v) is 11.3. The van der Waals surface area contributed by atoms with Crippen LogP contribution in [0.5, 0.6) is 0 Å². The molecule has 1 N–H and O–H groups in total. The Morgan fingerprint density at radius 3 is 3.06 bits per heavy atom. The molecular formula is C14H22N2O2. The van der Waals surface area contributed by atoms with Crippen LogP contribution >= 0.6 is 0 Å². The number of nitrogens with zero attached hydrogens (tertiary/aromatic N) is 2. The predicted octanol–water partition coefficient (Wildman–Crippen LogP) is 2.14. The SMILES string of the molecule is CCC1COC(C)CN1c1ncccc1[C@H](C)O. The van der Waals surface area contributed by atoms with Crippen LogP contribution in [0, 0.1) is 0 Å². The number of ether oxygens (including phenoxy) is 1. The Morgan fingerprint density at radius 1 is 1.61 bits per heavy atom. The van der Waals surface area contributed by atoms with Gasteiger partial charge in [0, 0.05) is 18.3 Å². The van der Waals surface area contributed by atoms with Crippen LogP contribution in [0.15, 0.2) is 18.3 Å². The molecule has 0 saturated carbocycles. The number of aliphatic hydroxyl groups is 1. The second kappa shape index (κ2) is 5.67. The molecule has 0 radical (unpaired) electrons. The number of morpholine rings is 1. The van der Waals surface area contributed by atoms with Crippen molar-refractivity contribution in [3.8, 4) is 0 Å². The summed E-state index contributed by atoms with van der Waals surface area (Å²) in [5.74, 6) is 0.898. The molecular weight excluding hydrogens is 228 g/mol. The van der Waals surface area contributed by atoms with E-state index >= 15 is 0 Å². The minimum atomic E-state index is -0.496. The third-order valence-corrected chi connectivity index (χ3v) is 3.48. The van der Waals surface area contributed by atoms with Gasteiger partial charge in [0.15, 0.2) is 0 Å². The molecule has 1 aromatic heterocycles. The van der Waals surface area contributed by atoms with Crippen LogP contribution < -0.4 is 4.90 Å².